The van der Waals surface area contributed by atoms with Gasteiger partial charge in [-0.25, -0.2) is 0 Å². The van der Waals surface area contributed by atoms with Gasteiger partial charge in [0, 0.05) is 13.2 Å². The average molecular weight is 444 g/mol. The molecule has 1 aromatic rings. The van der Waals surface area contributed by atoms with Crippen molar-refractivity contribution in [1.29, 1.82) is 0 Å². The van der Waals surface area contributed by atoms with Crippen molar-refractivity contribution in [2.75, 3.05) is 33.9 Å². The monoisotopic (exact) mass is 443 g/mol. The van der Waals surface area contributed by atoms with E-state index in [0.29, 0.717) is 6.61 Å². The third-order valence-electron chi connectivity index (χ3n) is 5.41. The van der Waals surface area contributed by atoms with E-state index < -0.39 is 0 Å². The maximum Gasteiger partial charge on any atom is 0.134 e. The molecule has 182 valence electrons. The van der Waals surface area contributed by atoms with Gasteiger partial charge in [0.25, 0.3) is 0 Å². The van der Waals surface area contributed by atoms with E-state index in [0.717, 1.165) is 31.7 Å². The summed E-state index contributed by atoms with van der Waals surface area (Å²) in [7, 11) is 4.15. The smallest absolute Gasteiger partial charge is 0.134 e. The minimum atomic E-state index is 0.0667. The van der Waals surface area contributed by atoms with Gasteiger partial charge in [-0.2, -0.15) is 0 Å². The molecule has 1 aromatic carbocycles. The maximum atomic E-state index is 6.08. The summed E-state index contributed by atoms with van der Waals surface area (Å²) in [5.74, 6) is 0.914. The normalized spacial score (nSPS) is 12.9. The molecule has 3 heteroatoms. The van der Waals surface area contributed by atoms with Crippen molar-refractivity contribution in [3.05, 3.63) is 54.6 Å². The van der Waals surface area contributed by atoms with Crippen LogP contribution in [0.5, 0.6) is 5.75 Å². The highest BCUT2D eigenvalue weighted by Gasteiger charge is 2.12. The van der Waals surface area contributed by atoms with E-state index >= 15 is 0 Å². The number of hydrogen-bond donors (Lipinski definition) is 0. The molecule has 0 amide bonds. The number of nitrogens with zero attached hydrogens (tertiary/aromatic N) is 1. The molecule has 0 radical (unpaired) electrons. The minimum Gasteiger partial charge on any atom is -0.487 e. The van der Waals surface area contributed by atoms with Gasteiger partial charge in [0.05, 0.1) is 6.61 Å². The van der Waals surface area contributed by atoms with Gasteiger partial charge in [0.1, 0.15) is 11.9 Å². The zero-order valence-corrected chi connectivity index (χ0v) is 21.1. The quantitative estimate of drug-likeness (QED) is 0.143. The first-order valence-electron chi connectivity index (χ1n) is 13.0. The molecule has 1 rings (SSSR count). The number of likely N-dealkylation sites (N-methyl/N-ethyl adjacent to an activating group) is 1. The third kappa shape index (κ3) is 18.0. The molecule has 0 aliphatic heterocycles. The second-order valence-corrected chi connectivity index (χ2v) is 8.97. The maximum absolute atomic E-state index is 6.08. The second-order valence-electron chi connectivity index (χ2n) is 8.97. The lowest BCUT2D eigenvalue weighted by atomic mass is 10.1. The summed E-state index contributed by atoms with van der Waals surface area (Å²) in [6, 6.07) is 10.0. The highest BCUT2D eigenvalue weighted by Crippen LogP contribution is 2.12. The molecule has 0 saturated heterocycles. The lowest BCUT2D eigenvalue weighted by Crippen LogP contribution is -2.34. The number of benzene rings is 1. The molecule has 0 heterocycles. The van der Waals surface area contributed by atoms with Gasteiger partial charge in [0.2, 0.25) is 0 Å². The second kappa shape index (κ2) is 21.3. The number of rotatable bonds is 21. The fraction of sp³-hybridized carbons (Fsp3) is 0.655. The summed E-state index contributed by atoms with van der Waals surface area (Å²) in [6.45, 7) is 4.59. The Labute approximate surface area is 198 Å². The van der Waals surface area contributed by atoms with Crippen molar-refractivity contribution in [3.63, 3.8) is 0 Å². The summed E-state index contributed by atoms with van der Waals surface area (Å²) >= 11 is 0. The van der Waals surface area contributed by atoms with Gasteiger partial charge < -0.3 is 14.4 Å². The molecule has 0 fully saturated rings. The van der Waals surface area contributed by atoms with E-state index in [1.165, 1.54) is 64.2 Å². The van der Waals surface area contributed by atoms with Gasteiger partial charge in [-0.1, -0.05) is 88.0 Å². The molecule has 0 aliphatic carbocycles. The lowest BCUT2D eigenvalue weighted by Gasteiger charge is -2.22. The summed E-state index contributed by atoms with van der Waals surface area (Å²) in [6.07, 6.45) is 24.7. The molecule has 0 aliphatic rings. The van der Waals surface area contributed by atoms with E-state index in [9.17, 15) is 0 Å². The molecule has 3 nitrogen and oxygen atoms in total. The van der Waals surface area contributed by atoms with Crippen LogP contribution in [0.2, 0.25) is 0 Å². The van der Waals surface area contributed by atoms with Crippen LogP contribution in [-0.4, -0.2) is 44.9 Å². The third-order valence-corrected chi connectivity index (χ3v) is 5.41. The van der Waals surface area contributed by atoms with Crippen molar-refractivity contribution in [3.8, 4) is 5.75 Å². The average Bonchev–Trinajstić information content (AvgIpc) is 2.78. The van der Waals surface area contributed by atoms with Crippen LogP contribution in [0.3, 0.4) is 0 Å². The fourth-order valence-corrected chi connectivity index (χ4v) is 3.63. The first-order valence-corrected chi connectivity index (χ1v) is 13.0. The Hall–Kier alpha value is -1.58. The molecule has 0 aromatic heterocycles. The van der Waals surface area contributed by atoms with E-state index in [1.54, 1.807) is 0 Å². The Bertz CT molecular complexity index is 568. The van der Waals surface area contributed by atoms with Crippen molar-refractivity contribution in [2.45, 2.75) is 90.1 Å². The molecule has 32 heavy (non-hydrogen) atoms. The van der Waals surface area contributed by atoms with Crippen LogP contribution in [0.1, 0.15) is 84.0 Å². The van der Waals surface area contributed by atoms with Crippen LogP contribution in [-0.2, 0) is 4.74 Å². The molecule has 0 saturated carbocycles. The van der Waals surface area contributed by atoms with Gasteiger partial charge in [-0.05, 0) is 64.8 Å². The van der Waals surface area contributed by atoms with Crippen molar-refractivity contribution >= 4 is 0 Å². The Balaban J connectivity index is 1.94. The van der Waals surface area contributed by atoms with E-state index in [1.807, 2.05) is 30.3 Å². The standard InChI is InChI=1S/C29H49NO2/c1-4-5-6-7-8-9-10-11-12-13-14-15-16-17-18-22-25-31-27-29(26-30(2)3)32-28-23-20-19-21-24-28/h8-9,11-12,19-21,23-24,29H,4-7,10,13-18,22,25-27H2,1-3H3/b9-8-,12-11-. The Morgan fingerprint density at radius 3 is 2.06 bits per heavy atom. The van der Waals surface area contributed by atoms with Gasteiger partial charge in [-0.3, -0.25) is 0 Å². The number of allylic oxidation sites excluding steroid dienone is 4. The SMILES string of the molecule is CCCCC/C=C\C/C=C\CCCCCCCCOCC(CN(C)C)Oc1ccccc1. The van der Waals surface area contributed by atoms with Gasteiger partial charge in [0.15, 0.2) is 0 Å². The number of ether oxygens (including phenoxy) is 2. The van der Waals surface area contributed by atoms with E-state index in [2.05, 4.69) is 50.2 Å². The Morgan fingerprint density at radius 1 is 0.781 bits per heavy atom. The largest absolute Gasteiger partial charge is 0.487 e. The van der Waals surface area contributed by atoms with Gasteiger partial charge >= 0.3 is 0 Å². The Morgan fingerprint density at radius 2 is 1.41 bits per heavy atom. The molecule has 1 atom stereocenters. The highest BCUT2D eigenvalue weighted by molar-refractivity contribution is 5.21. The fourth-order valence-electron chi connectivity index (χ4n) is 3.63. The molecular weight excluding hydrogens is 394 g/mol. The molecule has 0 spiro atoms. The van der Waals surface area contributed by atoms with Crippen LogP contribution in [0.25, 0.3) is 0 Å². The van der Waals surface area contributed by atoms with Crippen LogP contribution in [0, 0.1) is 0 Å². The zero-order valence-electron chi connectivity index (χ0n) is 21.1. The van der Waals surface area contributed by atoms with Crippen LogP contribution in [0.4, 0.5) is 0 Å². The van der Waals surface area contributed by atoms with Crippen molar-refractivity contribution < 1.29 is 9.47 Å². The summed E-state index contributed by atoms with van der Waals surface area (Å²) in [5.41, 5.74) is 0. The Kier molecular flexibility index (Phi) is 18.9. The molecule has 0 bridgehead atoms. The molecule has 1 unspecified atom stereocenters. The van der Waals surface area contributed by atoms with Crippen LogP contribution >= 0.6 is 0 Å². The van der Waals surface area contributed by atoms with Crippen LogP contribution in [0.15, 0.2) is 54.6 Å². The van der Waals surface area contributed by atoms with E-state index in [4.69, 9.17) is 9.47 Å². The first-order chi connectivity index (χ1) is 15.7. The predicted molar refractivity (Wildman–Crippen MR) is 140 cm³/mol. The molecular formula is C29H49NO2. The molecule has 0 N–H and O–H groups in total. The zero-order chi connectivity index (χ0) is 23.1. The van der Waals surface area contributed by atoms with E-state index in [-0.39, 0.29) is 6.10 Å². The van der Waals surface area contributed by atoms with Crippen molar-refractivity contribution in [1.82, 2.24) is 4.90 Å². The number of hydrogen-bond acceptors (Lipinski definition) is 3. The van der Waals surface area contributed by atoms with Crippen molar-refractivity contribution in [2.24, 2.45) is 0 Å². The topological polar surface area (TPSA) is 21.7 Å². The van der Waals surface area contributed by atoms with Gasteiger partial charge in [-0.15, -0.1) is 0 Å². The number of para-hydroxylation sites is 1. The highest BCUT2D eigenvalue weighted by atomic mass is 16.5. The summed E-state index contributed by atoms with van der Waals surface area (Å²) < 4.78 is 12.0. The van der Waals surface area contributed by atoms with Crippen LogP contribution < -0.4 is 4.74 Å². The summed E-state index contributed by atoms with van der Waals surface area (Å²) in [4.78, 5) is 2.15. The predicted octanol–water partition coefficient (Wildman–Crippen LogP) is 7.83. The number of unbranched alkanes of at least 4 members (excludes halogenated alkanes) is 9. The summed E-state index contributed by atoms with van der Waals surface area (Å²) in [5, 5.41) is 0. The first kappa shape index (κ1) is 28.5. The lowest BCUT2D eigenvalue weighted by molar-refractivity contribution is 0.0360. The minimum absolute atomic E-state index is 0.0667.